The van der Waals surface area contributed by atoms with E-state index in [9.17, 15) is 38.7 Å². The van der Waals surface area contributed by atoms with Crippen molar-refractivity contribution in [3.63, 3.8) is 0 Å². The lowest BCUT2D eigenvalue weighted by Gasteiger charge is -2.25. The molecule has 7 amide bonds. The van der Waals surface area contributed by atoms with Crippen LogP contribution in [0, 0.1) is 5.92 Å². The van der Waals surface area contributed by atoms with E-state index in [0.29, 0.717) is 131 Å². The van der Waals surface area contributed by atoms with Crippen LogP contribution >= 0.6 is 0 Å². The quantitative estimate of drug-likeness (QED) is 0.0400. The van der Waals surface area contributed by atoms with Crippen LogP contribution in [0.2, 0.25) is 0 Å². The van der Waals surface area contributed by atoms with E-state index in [1.165, 1.54) is 12.2 Å². The Morgan fingerprint density at radius 3 is 1.57 bits per heavy atom. The van der Waals surface area contributed by atoms with Crippen molar-refractivity contribution in [2.75, 3.05) is 146 Å². The zero-order chi connectivity index (χ0) is 56.4. The van der Waals surface area contributed by atoms with E-state index < -0.39 is 53.3 Å². The molecule has 24 nitrogen and oxygen atoms in total. The summed E-state index contributed by atoms with van der Waals surface area (Å²) in [7, 11) is 1.63. The second-order valence-corrected chi connectivity index (χ2v) is 18.8. The number of benzene rings is 1. The van der Waals surface area contributed by atoms with Crippen LogP contribution in [0.5, 0.6) is 5.75 Å². The molecule has 0 aliphatic carbocycles. The van der Waals surface area contributed by atoms with Crippen molar-refractivity contribution in [3.8, 4) is 5.75 Å². The highest BCUT2D eigenvalue weighted by atomic mass is 16.6. The second kappa shape index (κ2) is 42.7. The third-order valence-electron chi connectivity index (χ3n) is 11.0. The molecule has 1 aromatic rings. The molecule has 0 radical (unpaired) electrons. The van der Waals surface area contributed by atoms with Crippen LogP contribution in [-0.4, -0.2) is 215 Å². The summed E-state index contributed by atoms with van der Waals surface area (Å²) in [4.78, 5) is 89.3. The molecule has 2 rings (SSSR count). The molecule has 0 fully saturated rings. The normalized spacial score (nSPS) is 13.5. The highest BCUT2D eigenvalue weighted by Crippen LogP contribution is 2.17. The van der Waals surface area contributed by atoms with Gasteiger partial charge in [-0.05, 0) is 83.4 Å². The number of rotatable bonds is 47. The van der Waals surface area contributed by atoms with Gasteiger partial charge in [0.05, 0.1) is 106 Å². The van der Waals surface area contributed by atoms with Crippen molar-refractivity contribution in [2.24, 2.45) is 5.92 Å². The number of unbranched alkanes of at least 4 members (excludes halogenated alkanes) is 1. The van der Waals surface area contributed by atoms with Gasteiger partial charge in [0.25, 0.3) is 11.8 Å². The lowest BCUT2D eigenvalue weighted by atomic mass is 9.95. The summed E-state index contributed by atoms with van der Waals surface area (Å²) in [5.41, 5.74) is 0.138. The average molecular weight is 1100 g/mol. The number of ether oxygens (including phenoxy) is 10. The summed E-state index contributed by atoms with van der Waals surface area (Å²) in [5, 5.41) is 23.8. The Balaban J connectivity index is 1.61. The molecule has 0 spiro atoms. The van der Waals surface area contributed by atoms with Crippen LogP contribution in [0.3, 0.4) is 0 Å². The molecule has 24 heteroatoms. The summed E-state index contributed by atoms with van der Waals surface area (Å²) in [5.74, 6) is -2.69. The summed E-state index contributed by atoms with van der Waals surface area (Å²) >= 11 is 0. The summed E-state index contributed by atoms with van der Waals surface area (Å²) in [6.45, 7) is 14.7. The minimum absolute atomic E-state index is 0.0276. The zero-order valence-corrected chi connectivity index (χ0v) is 46.0. The number of hydrogen-bond donors (Lipinski definition) is 6. The lowest BCUT2D eigenvalue weighted by molar-refractivity contribution is -0.137. The molecule has 1 heterocycles. The maximum absolute atomic E-state index is 13.4. The Hall–Kier alpha value is -5.31. The van der Waals surface area contributed by atoms with Crippen LogP contribution < -0.4 is 26.6 Å². The molecule has 3 atom stereocenters. The number of nitrogens with zero attached hydrogens (tertiary/aromatic N) is 1. The van der Waals surface area contributed by atoms with Gasteiger partial charge in [0.1, 0.15) is 24.0 Å². The molecular weight excluding hydrogens is 1010 g/mol. The first-order valence-electron chi connectivity index (χ1n) is 26.6. The molecule has 6 N–H and O–H groups in total. The van der Waals surface area contributed by atoms with Gasteiger partial charge in [-0.25, -0.2) is 4.79 Å². The molecule has 1 aliphatic rings. The predicted octanol–water partition coefficient (Wildman–Crippen LogP) is 1.73. The fourth-order valence-electron chi connectivity index (χ4n) is 7.11. The van der Waals surface area contributed by atoms with Gasteiger partial charge in [-0.3, -0.25) is 33.7 Å². The molecular formula is C53H88N6O18. The second-order valence-electron chi connectivity index (χ2n) is 18.8. The van der Waals surface area contributed by atoms with Gasteiger partial charge in [0.15, 0.2) is 0 Å². The largest absolute Gasteiger partial charge is 0.508 e. The summed E-state index contributed by atoms with van der Waals surface area (Å²) in [6, 6.07) is 5.24. The first-order chi connectivity index (χ1) is 37.1. The van der Waals surface area contributed by atoms with Gasteiger partial charge in [0.2, 0.25) is 23.6 Å². The Morgan fingerprint density at radius 2 is 1.06 bits per heavy atom. The first-order valence-corrected chi connectivity index (χ1v) is 26.6. The van der Waals surface area contributed by atoms with Gasteiger partial charge in [0, 0.05) is 63.8 Å². The van der Waals surface area contributed by atoms with Gasteiger partial charge < -0.3 is 79.1 Å². The third-order valence-corrected chi connectivity index (χ3v) is 11.0. The smallest absolute Gasteiger partial charge is 0.407 e. The first kappa shape index (κ1) is 67.8. The Kier molecular flexibility index (Phi) is 37.6. The van der Waals surface area contributed by atoms with Crippen molar-refractivity contribution < 1.29 is 86.0 Å². The van der Waals surface area contributed by atoms with Crippen molar-refractivity contribution in [1.82, 2.24) is 31.5 Å². The Morgan fingerprint density at radius 1 is 0.584 bits per heavy atom. The van der Waals surface area contributed by atoms with E-state index in [0.717, 1.165) is 10.5 Å². The van der Waals surface area contributed by atoms with E-state index in [2.05, 4.69) is 26.6 Å². The number of hydrogen-bond acceptors (Lipinski definition) is 18. The van der Waals surface area contributed by atoms with Crippen molar-refractivity contribution in [3.05, 3.63) is 42.0 Å². The minimum atomic E-state index is -0.905. The molecule has 1 aliphatic heterocycles. The maximum Gasteiger partial charge on any atom is 0.407 e. The number of phenolic OH excluding ortho intramolecular Hbond substituents is 1. The zero-order valence-electron chi connectivity index (χ0n) is 46.0. The predicted molar refractivity (Wildman–Crippen MR) is 282 cm³/mol. The standard InChI is InChI=1S/C53H88N6O18/c1-41(38-43(57-52(67)77-53(2,3)4)39-42-12-14-44(60)15-13-42)50(65)55-19-9-20-56-51(66)45(58-46(61)11-8-21-59-48(63)16-17-49(59)64)10-6-7-18-54-47(62)40-76-37-36-75-35-34-74-33-32-73-31-30-72-29-28-71-27-26-70-25-24-69-23-22-68-5/h12-17,41,43,45,60H,6-11,18-40H2,1-5H3,(H,54,62)(H,55,65)(H,56,66)(H,57,67)(H,58,61)/t41-,43+,45-/m0/s1. The van der Waals surface area contributed by atoms with E-state index in [1.807, 2.05) is 0 Å². The molecule has 0 unspecified atom stereocenters. The van der Waals surface area contributed by atoms with E-state index >= 15 is 0 Å². The monoisotopic (exact) mass is 1100 g/mol. The van der Waals surface area contributed by atoms with Gasteiger partial charge in [-0.1, -0.05) is 19.1 Å². The summed E-state index contributed by atoms with van der Waals surface area (Å²) in [6.07, 6.45) is 4.25. The number of aromatic hydroxyl groups is 1. The Labute approximate surface area is 453 Å². The Bertz CT molecular complexity index is 1830. The fourth-order valence-corrected chi connectivity index (χ4v) is 7.11. The van der Waals surface area contributed by atoms with Crippen molar-refractivity contribution >= 4 is 41.5 Å². The lowest BCUT2D eigenvalue weighted by Crippen LogP contribution is -2.47. The topological polar surface area (TPSA) is 295 Å². The molecule has 77 heavy (non-hydrogen) atoms. The molecule has 438 valence electrons. The SMILES string of the molecule is COCCOCCOCCOCCOCCOCCOCCOCCOCC(=O)NCCCC[C@H](NC(=O)CCCN1C(=O)C=CC1=O)C(=O)NCCCNC(=O)[C@@H](C)C[C@H](Cc1ccc(O)cc1)NC(=O)OC(C)(C)C. The van der Waals surface area contributed by atoms with Gasteiger partial charge in [-0.15, -0.1) is 0 Å². The van der Waals surface area contributed by atoms with Crippen LogP contribution in [-0.2, 0) is 82.6 Å². The third kappa shape index (κ3) is 36.4. The van der Waals surface area contributed by atoms with E-state index in [4.69, 9.17) is 47.4 Å². The molecule has 0 aromatic heterocycles. The molecule has 0 bridgehead atoms. The van der Waals surface area contributed by atoms with Crippen LogP contribution in [0.4, 0.5) is 4.79 Å². The van der Waals surface area contributed by atoms with Gasteiger partial charge in [-0.2, -0.15) is 0 Å². The highest BCUT2D eigenvalue weighted by molar-refractivity contribution is 6.12. The number of imide groups is 1. The highest BCUT2D eigenvalue weighted by Gasteiger charge is 2.26. The number of carbonyl (C=O) groups is 7. The van der Waals surface area contributed by atoms with Crippen LogP contribution in [0.15, 0.2) is 36.4 Å². The van der Waals surface area contributed by atoms with Crippen LogP contribution in [0.1, 0.15) is 78.2 Å². The fraction of sp³-hybridized carbons (Fsp3) is 0.717. The van der Waals surface area contributed by atoms with Crippen LogP contribution in [0.25, 0.3) is 0 Å². The number of methoxy groups -OCH3 is 1. The number of amides is 7. The van der Waals surface area contributed by atoms with Gasteiger partial charge >= 0.3 is 6.09 Å². The number of carbonyl (C=O) groups excluding carboxylic acids is 7. The van der Waals surface area contributed by atoms with Crippen molar-refractivity contribution in [1.29, 1.82) is 0 Å². The number of phenols is 1. The van der Waals surface area contributed by atoms with E-state index in [-0.39, 0.29) is 76.3 Å². The molecule has 1 aromatic carbocycles. The maximum atomic E-state index is 13.4. The number of nitrogens with one attached hydrogen (secondary N) is 5. The van der Waals surface area contributed by atoms with E-state index in [1.54, 1.807) is 59.1 Å². The molecule has 0 saturated carbocycles. The average Bonchev–Trinajstić information content (AvgIpc) is 3.70. The molecule has 0 saturated heterocycles. The number of alkyl carbamates (subject to hydrolysis) is 1. The summed E-state index contributed by atoms with van der Waals surface area (Å²) < 4.78 is 53.9. The minimum Gasteiger partial charge on any atom is -0.508 e. The van der Waals surface area contributed by atoms with Crippen molar-refractivity contribution in [2.45, 2.75) is 96.7 Å².